The van der Waals surface area contributed by atoms with E-state index in [0.29, 0.717) is 25.6 Å². The third-order valence-electron chi connectivity index (χ3n) is 3.03. The largest absolute Gasteiger partial charge is 0.500 e. The van der Waals surface area contributed by atoms with Gasteiger partial charge in [-0.15, -0.1) is 6.58 Å². The van der Waals surface area contributed by atoms with Crippen molar-refractivity contribution in [1.29, 1.82) is 0 Å². The summed E-state index contributed by atoms with van der Waals surface area (Å²) in [7, 11) is 2.04. The molecule has 0 fully saturated rings. The maximum atomic E-state index is 11.1. The molecule has 0 aromatic rings. The minimum Gasteiger partial charge on any atom is -0.465 e. The molecule has 112 valence electrons. The molecule has 0 aromatic heterocycles. The predicted molar refractivity (Wildman–Crippen MR) is 75.2 cm³/mol. The summed E-state index contributed by atoms with van der Waals surface area (Å²) in [5.41, 5.74) is 0. The lowest BCUT2D eigenvalue weighted by atomic mass is 10.1. The molecule has 0 aliphatic heterocycles. The van der Waals surface area contributed by atoms with E-state index in [4.69, 9.17) is 18.4 Å². The number of nitrogens with zero attached hydrogens (tertiary/aromatic N) is 1. The first kappa shape index (κ1) is 18.1. The summed E-state index contributed by atoms with van der Waals surface area (Å²) >= 11 is 0. The average Bonchev–Trinajstić information content (AvgIpc) is 2.42. The number of rotatable bonds is 10. The summed E-state index contributed by atoms with van der Waals surface area (Å²) in [6.07, 6.45) is 1.46. The van der Waals surface area contributed by atoms with Gasteiger partial charge in [0, 0.05) is 40.5 Å². The third kappa shape index (κ3) is 6.19. The van der Waals surface area contributed by atoms with Crippen LogP contribution in [-0.4, -0.2) is 59.3 Å². The molecule has 19 heavy (non-hydrogen) atoms. The van der Waals surface area contributed by atoms with Crippen LogP contribution in [0.15, 0.2) is 12.7 Å². The Hall–Kier alpha value is -0.893. The van der Waals surface area contributed by atoms with E-state index in [-0.39, 0.29) is 5.92 Å². The smallest absolute Gasteiger partial charge is 0.465 e. The molecular weight excluding hydrogens is 266 g/mol. The van der Waals surface area contributed by atoms with Crippen LogP contribution in [0.2, 0.25) is 6.04 Å². The highest BCUT2D eigenvalue weighted by atomic mass is 28.4. The first-order valence-corrected chi connectivity index (χ1v) is 8.13. The van der Waals surface area contributed by atoms with Crippen molar-refractivity contribution in [1.82, 2.24) is 4.90 Å². The minimum absolute atomic E-state index is 0.130. The maximum Gasteiger partial charge on any atom is 0.500 e. The number of carboxylic acid groups (broad SMARTS) is 1. The van der Waals surface area contributed by atoms with Gasteiger partial charge in [0.1, 0.15) is 0 Å². The topological polar surface area (TPSA) is 68.2 Å². The van der Waals surface area contributed by atoms with Crippen molar-refractivity contribution in [3.8, 4) is 0 Å². The molecule has 0 rings (SSSR count). The van der Waals surface area contributed by atoms with Crippen LogP contribution in [0.5, 0.6) is 0 Å². The van der Waals surface area contributed by atoms with Crippen molar-refractivity contribution in [2.45, 2.75) is 19.4 Å². The molecule has 1 amide bonds. The second-order valence-corrected chi connectivity index (χ2v) is 7.43. The van der Waals surface area contributed by atoms with E-state index in [1.165, 1.54) is 4.90 Å². The van der Waals surface area contributed by atoms with Crippen molar-refractivity contribution in [3.63, 3.8) is 0 Å². The molecular formula is C12H25NO5Si. The zero-order valence-corrected chi connectivity index (χ0v) is 13.2. The molecule has 0 aliphatic rings. The molecule has 0 heterocycles. The van der Waals surface area contributed by atoms with Crippen molar-refractivity contribution < 1.29 is 23.2 Å². The van der Waals surface area contributed by atoms with Gasteiger partial charge in [-0.25, -0.2) is 4.79 Å². The standard InChI is InChI=1S/C12H25NO5Si/c1-6-11(2)10-13(12(14)15)8-7-9-19(16-3,17-4)18-5/h6,11H,1,7-10H2,2-5H3,(H,14,15). The van der Waals surface area contributed by atoms with E-state index in [2.05, 4.69) is 6.58 Å². The second-order valence-electron chi connectivity index (χ2n) is 4.34. The minimum atomic E-state index is -2.61. The molecule has 7 heteroatoms. The zero-order valence-electron chi connectivity index (χ0n) is 12.2. The van der Waals surface area contributed by atoms with Crippen LogP contribution in [0.1, 0.15) is 13.3 Å². The van der Waals surface area contributed by atoms with Gasteiger partial charge in [-0.1, -0.05) is 13.0 Å². The molecule has 0 spiro atoms. The Bertz CT molecular complexity index is 275. The normalized spacial score (nSPS) is 13.1. The number of amides is 1. The van der Waals surface area contributed by atoms with E-state index in [1.807, 2.05) is 6.92 Å². The highest BCUT2D eigenvalue weighted by Gasteiger charge is 2.37. The highest BCUT2D eigenvalue weighted by molar-refractivity contribution is 6.60. The van der Waals surface area contributed by atoms with Crippen molar-refractivity contribution >= 4 is 14.9 Å². The Morgan fingerprint density at radius 2 is 1.89 bits per heavy atom. The van der Waals surface area contributed by atoms with Gasteiger partial charge in [0.05, 0.1) is 0 Å². The first-order chi connectivity index (χ1) is 8.94. The van der Waals surface area contributed by atoms with E-state index in [1.54, 1.807) is 27.4 Å². The van der Waals surface area contributed by atoms with Gasteiger partial charge in [0.15, 0.2) is 0 Å². The Labute approximate surface area is 116 Å². The molecule has 0 saturated carbocycles. The lowest BCUT2D eigenvalue weighted by Gasteiger charge is -2.26. The van der Waals surface area contributed by atoms with Crippen molar-refractivity contribution in [2.75, 3.05) is 34.4 Å². The van der Waals surface area contributed by atoms with Crippen molar-refractivity contribution in [3.05, 3.63) is 12.7 Å². The molecule has 1 N–H and O–H groups in total. The summed E-state index contributed by atoms with van der Waals surface area (Å²) in [6, 6.07) is 0.586. The summed E-state index contributed by atoms with van der Waals surface area (Å²) in [5.74, 6) is 0.130. The van der Waals surface area contributed by atoms with Crippen LogP contribution in [-0.2, 0) is 13.3 Å². The second kappa shape index (κ2) is 9.08. The quantitative estimate of drug-likeness (QED) is 0.493. The maximum absolute atomic E-state index is 11.1. The van der Waals surface area contributed by atoms with Crippen LogP contribution < -0.4 is 0 Å². The van der Waals surface area contributed by atoms with Gasteiger partial charge in [-0.2, -0.15) is 0 Å². The fourth-order valence-electron chi connectivity index (χ4n) is 1.73. The summed E-state index contributed by atoms with van der Waals surface area (Å²) in [4.78, 5) is 12.5. The average molecular weight is 291 g/mol. The fourth-order valence-corrected chi connectivity index (χ4v) is 3.43. The number of hydrogen-bond donors (Lipinski definition) is 1. The molecule has 0 aromatic carbocycles. The summed E-state index contributed by atoms with van der Waals surface area (Å²) in [5, 5.41) is 9.13. The van der Waals surface area contributed by atoms with Gasteiger partial charge in [0.2, 0.25) is 0 Å². The van der Waals surface area contributed by atoms with E-state index in [9.17, 15) is 4.79 Å². The Morgan fingerprint density at radius 3 is 2.26 bits per heavy atom. The van der Waals surface area contributed by atoms with Gasteiger partial charge in [-0.3, -0.25) is 0 Å². The lowest BCUT2D eigenvalue weighted by molar-refractivity contribution is 0.118. The Kier molecular flexibility index (Phi) is 8.65. The van der Waals surface area contributed by atoms with Gasteiger partial charge >= 0.3 is 14.9 Å². The number of hydrogen-bond acceptors (Lipinski definition) is 4. The molecule has 1 unspecified atom stereocenters. The van der Waals surface area contributed by atoms with Crippen LogP contribution in [0, 0.1) is 5.92 Å². The third-order valence-corrected chi connectivity index (χ3v) is 5.86. The fraction of sp³-hybridized carbons (Fsp3) is 0.750. The Morgan fingerprint density at radius 1 is 1.37 bits per heavy atom. The molecule has 0 bridgehead atoms. The SMILES string of the molecule is C=CC(C)CN(CCC[Si](OC)(OC)OC)C(=O)O. The van der Waals surface area contributed by atoms with Gasteiger partial charge in [-0.05, 0) is 12.3 Å². The summed E-state index contributed by atoms with van der Waals surface area (Å²) < 4.78 is 15.9. The van der Waals surface area contributed by atoms with Gasteiger partial charge < -0.3 is 23.3 Å². The molecule has 6 nitrogen and oxygen atoms in total. The Balaban J connectivity index is 4.33. The number of carbonyl (C=O) groups is 1. The monoisotopic (exact) mass is 291 g/mol. The van der Waals surface area contributed by atoms with E-state index >= 15 is 0 Å². The van der Waals surface area contributed by atoms with Crippen molar-refractivity contribution in [2.24, 2.45) is 5.92 Å². The van der Waals surface area contributed by atoms with E-state index < -0.39 is 14.9 Å². The molecule has 1 atom stereocenters. The van der Waals surface area contributed by atoms with Crippen LogP contribution in [0.3, 0.4) is 0 Å². The highest BCUT2D eigenvalue weighted by Crippen LogP contribution is 2.15. The molecule has 0 aliphatic carbocycles. The van der Waals surface area contributed by atoms with Crippen LogP contribution in [0.25, 0.3) is 0 Å². The predicted octanol–water partition coefficient (Wildman–Crippen LogP) is 2.06. The first-order valence-electron chi connectivity index (χ1n) is 6.20. The lowest BCUT2D eigenvalue weighted by Crippen LogP contribution is -2.43. The van der Waals surface area contributed by atoms with E-state index in [0.717, 1.165) is 0 Å². The molecule has 0 radical (unpaired) electrons. The van der Waals surface area contributed by atoms with Gasteiger partial charge in [0.25, 0.3) is 0 Å². The van der Waals surface area contributed by atoms with Crippen LogP contribution >= 0.6 is 0 Å². The summed E-state index contributed by atoms with van der Waals surface area (Å²) in [6.45, 7) is 6.47. The zero-order chi connectivity index (χ0) is 14.9. The molecule has 0 saturated heterocycles. The van der Waals surface area contributed by atoms with Crippen LogP contribution in [0.4, 0.5) is 4.79 Å².